The highest BCUT2D eigenvalue weighted by molar-refractivity contribution is 7.17. The fourth-order valence-electron chi connectivity index (χ4n) is 3.88. The minimum Gasteiger partial charge on any atom is -0.397 e. The highest BCUT2D eigenvalue weighted by Gasteiger charge is 2.12. The third-order valence-electron chi connectivity index (χ3n) is 5.54. The first kappa shape index (κ1) is 21.1. The molecule has 1 atom stereocenters. The minimum absolute atomic E-state index is 0.442. The molecule has 0 fully saturated rings. The van der Waals surface area contributed by atoms with E-state index in [0.717, 1.165) is 27.9 Å². The second-order valence-corrected chi connectivity index (χ2v) is 8.98. The first-order valence-corrected chi connectivity index (χ1v) is 11.5. The Morgan fingerprint density at radius 3 is 2.64 bits per heavy atom. The summed E-state index contributed by atoms with van der Waals surface area (Å²) in [6.07, 6.45) is 2.98. The lowest BCUT2D eigenvalue weighted by molar-refractivity contribution is 0.824. The van der Waals surface area contributed by atoms with Gasteiger partial charge in [-0.2, -0.15) is 0 Å². The number of benzene rings is 2. The number of thiophene rings is 1. The number of pyridine rings is 1. The molecule has 0 aliphatic rings. The summed E-state index contributed by atoms with van der Waals surface area (Å²) >= 11 is 1.76. The van der Waals surface area contributed by atoms with Crippen molar-refractivity contribution >= 4 is 32.9 Å². The molecule has 0 aliphatic heterocycles. The van der Waals surface area contributed by atoms with Crippen LogP contribution in [0.15, 0.2) is 72.4 Å². The van der Waals surface area contributed by atoms with Gasteiger partial charge in [0.1, 0.15) is 17.8 Å². The number of aryl methyl sites for hydroxylation is 2. The van der Waals surface area contributed by atoms with Crippen LogP contribution in [0.25, 0.3) is 32.5 Å². The Morgan fingerprint density at radius 1 is 0.909 bits per heavy atom. The molecule has 0 spiro atoms. The molecule has 0 unspecified atom stereocenters. The van der Waals surface area contributed by atoms with E-state index in [-0.39, 0.29) is 0 Å². The first-order valence-electron chi connectivity index (χ1n) is 10.6. The van der Waals surface area contributed by atoms with Gasteiger partial charge in [0.15, 0.2) is 0 Å². The highest BCUT2D eigenvalue weighted by Crippen LogP contribution is 2.31. The largest absolute Gasteiger partial charge is 0.397 e. The molecular formula is C26H24N6S. The summed E-state index contributed by atoms with van der Waals surface area (Å²) in [5.74, 6) is 1.37. The fourth-order valence-corrected chi connectivity index (χ4v) is 4.80. The van der Waals surface area contributed by atoms with E-state index in [1.54, 1.807) is 23.7 Å². The van der Waals surface area contributed by atoms with Gasteiger partial charge in [-0.15, -0.1) is 11.3 Å². The number of rotatable bonds is 5. The van der Waals surface area contributed by atoms with E-state index in [1.165, 1.54) is 15.6 Å². The van der Waals surface area contributed by atoms with Crippen LogP contribution < -0.4 is 16.8 Å². The van der Waals surface area contributed by atoms with Gasteiger partial charge >= 0.3 is 0 Å². The monoisotopic (exact) mass is 452 g/mol. The summed E-state index contributed by atoms with van der Waals surface area (Å²) in [6, 6.07) is 18.3. The lowest BCUT2D eigenvalue weighted by Gasteiger charge is -2.17. The van der Waals surface area contributed by atoms with E-state index in [0.29, 0.717) is 17.3 Å². The van der Waals surface area contributed by atoms with Gasteiger partial charge in [-0.1, -0.05) is 24.3 Å². The second-order valence-electron chi connectivity index (χ2n) is 8.07. The van der Waals surface area contributed by atoms with Crippen molar-refractivity contribution in [3.8, 4) is 22.4 Å². The SMILES string of the molecule is Cc1nc(N[C@@H](N)c2cccc(-c3cncc(N)c3)c2)cc(-c2ccc3scc(C)c3c2)n1. The highest BCUT2D eigenvalue weighted by atomic mass is 32.1. The van der Waals surface area contributed by atoms with E-state index in [9.17, 15) is 0 Å². The first-order chi connectivity index (χ1) is 16.0. The number of fused-ring (bicyclic) bond motifs is 1. The van der Waals surface area contributed by atoms with Crippen LogP contribution in [-0.2, 0) is 0 Å². The van der Waals surface area contributed by atoms with E-state index >= 15 is 0 Å². The Morgan fingerprint density at radius 2 is 1.79 bits per heavy atom. The zero-order valence-corrected chi connectivity index (χ0v) is 19.2. The van der Waals surface area contributed by atoms with Crippen molar-refractivity contribution in [2.75, 3.05) is 11.1 Å². The zero-order valence-electron chi connectivity index (χ0n) is 18.4. The molecule has 5 N–H and O–H groups in total. The zero-order chi connectivity index (χ0) is 22.9. The molecular weight excluding hydrogens is 428 g/mol. The van der Waals surface area contributed by atoms with Crippen LogP contribution in [0.1, 0.15) is 23.1 Å². The Balaban J connectivity index is 1.43. The Labute approximate surface area is 196 Å². The quantitative estimate of drug-likeness (QED) is 0.296. The molecule has 0 radical (unpaired) electrons. The third kappa shape index (κ3) is 4.41. The molecule has 3 aromatic heterocycles. The van der Waals surface area contributed by atoms with Crippen molar-refractivity contribution in [3.63, 3.8) is 0 Å². The molecule has 2 aromatic carbocycles. The maximum atomic E-state index is 6.51. The summed E-state index contributed by atoms with van der Waals surface area (Å²) in [7, 11) is 0. The molecule has 0 bridgehead atoms. The maximum absolute atomic E-state index is 6.51. The van der Waals surface area contributed by atoms with E-state index < -0.39 is 6.17 Å². The summed E-state index contributed by atoms with van der Waals surface area (Å²) in [5, 5.41) is 6.77. The van der Waals surface area contributed by atoms with Crippen LogP contribution in [0.2, 0.25) is 0 Å². The number of hydrogen-bond donors (Lipinski definition) is 3. The average molecular weight is 453 g/mol. The molecule has 5 rings (SSSR count). The topological polar surface area (TPSA) is 103 Å². The van der Waals surface area contributed by atoms with E-state index in [2.05, 4.69) is 50.8 Å². The molecule has 7 heteroatoms. The van der Waals surface area contributed by atoms with Crippen molar-refractivity contribution in [2.24, 2.45) is 5.73 Å². The van der Waals surface area contributed by atoms with Crippen molar-refractivity contribution in [1.29, 1.82) is 0 Å². The summed E-state index contributed by atoms with van der Waals surface area (Å²) in [5.41, 5.74) is 19.1. The number of nitrogen functional groups attached to an aromatic ring is 1. The van der Waals surface area contributed by atoms with E-state index in [1.807, 2.05) is 43.3 Å². The van der Waals surface area contributed by atoms with Gasteiger partial charge in [-0.3, -0.25) is 4.98 Å². The smallest absolute Gasteiger partial charge is 0.131 e. The number of nitrogens with one attached hydrogen (secondary N) is 1. The molecule has 5 aromatic rings. The molecule has 0 saturated heterocycles. The molecule has 3 heterocycles. The van der Waals surface area contributed by atoms with Crippen molar-refractivity contribution in [3.05, 3.63) is 89.3 Å². The summed E-state index contributed by atoms with van der Waals surface area (Å²) in [4.78, 5) is 13.4. The summed E-state index contributed by atoms with van der Waals surface area (Å²) in [6.45, 7) is 4.02. The van der Waals surface area contributed by atoms with Crippen LogP contribution in [0.5, 0.6) is 0 Å². The fraction of sp³-hybridized carbons (Fsp3) is 0.115. The molecule has 0 saturated carbocycles. The molecule has 0 amide bonds. The number of anilines is 2. The van der Waals surface area contributed by atoms with Gasteiger partial charge < -0.3 is 16.8 Å². The molecule has 0 aliphatic carbocycles. The van der Waals surface area contributed by atoms with E-state index in [4.69, 9.17) is 11.5 Å². The van der Waals surface area contributed by atoms with Gasteiger partial charge in [0, 0.05) is 34.3 Å². The maximum Gasteiger partial charge on any atom is 0.131 e. The van der Waals surface area contributed by atoms with Crippen molar-refractivity contribution in [2.45, 2.75) is 20.0 Å². The van der Waals surface area contributed by atoms with Crippen LogP contribution in [0.4, 0.5) is 11.5 Å². The lowest BCUT2D eigenvalue weighted by atomic mass is 10.0. The van der Waals surface area contributed by atoms with Gasteiger partial charge in [0.2, 0.25) is 0 Å². The number of hydrogen-bond acceptors (Lipinski definition) is 7. The van der Waals surface area contributed by atoms with Gasteiger partial charge in [-0.25, -0.2) is 9.97 Å². The van der Waals surface area contributed by atoms with Gasteiger partial charge in [0.05, 0.1) is 11.4 Å². The average Bonchev–Trinajstić information content (AvgIpc) is 3.19. The number of nitrogens with two attached hydrogens (primary N) is 2. The molecule has 164 valence electrons. The van der Waals surface area contributed by atoms with Crippen molar-refractivity contribution < 1.29 is 0 Å². The standard InChI is InChI=1S/C26H24N6S/c1-15-14-33-24-7-6-18(10-22(15)24)23-11-25(31-16(2)30-23)32-26(28)19-5-3-4-17(8-19)20-9-21(27)13-29-12-20/h3-14,26H,27-28H2,1-2H3,(H,30,31,32)/t26-/m1/s1. The second kappa shape index (κ2) is 8.61. The van der Waals surface area contributed by atoms with Gasteiger partial charge in [-0.05, 0) is 65.6 Å². The van der Waals surface area contributed by atoms with Crippen LogP contribution in [-0.4, -0.2) is 15.0 Å². The number of aromatic nitrogens is 3. The predicted octanol–water partition coefficient (Wildman–Crippen LogP) is 5.69. The van der Waals surface area contributed by atoms with Crippen LogP contribution in [0.3, 0.4) is 0 Å². The normalized spacial score (nSPS) is 12.1. The van der Waals surface area contributed by atoms with Crippen LogP contribution >= 0.6 is 11.3 Å². The third-order valence-corrected chi connectivity index (χ3v) is 6.62. The van der Waals surface area contributed by atoms with Gasteiger partial charge in [0.25, 0.3) is 0 Å². The Hall–Kier alpha value is -3.81. The molecule has 6 nitrogen and oxygen atoms in total. The lowest BCUT2D eigenvalue weighted by Crippen LogP contribution is -2.21. The van der Waals surface area contributed by atoms with Crippen molar-refractivity contribution in [1.82, 2.24) is 15.0 Å². The van der Waals surface area contributed by atoms with Crippen LogP contribution in [0, 0.1) is 13.8 Å². The molecule has 33 heavy (non-hydrogen) atoms. The Bertz CT molecular complexity index is 1460. The predicted molar refractivity (Wildman–Crippen MR) is 137 cm³/mol. The Kier molecular flexibility index (Phi) is 5.50. The summed E-state index contributed by atoms with van der Waals surface area (Å²) < 4.78 is 1.28. The minimum atomic E-state index is -0.442. The number of nitrogens with zero attached hydrogens (tertiary/aromatic N) is 3.